The van der Waals surface area contributed by atoms with Crippen molar-refractivity contribution in [1.29, 1.82) is 0 Å². The van der Waals surface area contributed by atoms with E-state index in [1.165, 1.54) is 0 Å². The van der Waals surface area contributed by atoms with Gasteiger partial charge >= 0.3 is 0 Å². The SMILES string of the molecule is Cc1ccccc1CC(F)C=O. The lowest BCUT2D eigenvalue weighted by Crippen LogP contribution is -2.06. The highest BCUT2D eigenvalue weighted by Gasteiger charge is 2.06. The minimum Gasteiger partial charge on any atom is -0.300 e. The number of halogens is 1. The maximum Gasteiger partial charge on any atom is 0.159 e. The Morgan fingerprint density at radius 3 is 2.75 bits per heavy atom. The zero-order valence-corrected chi connectivity index (χ0v) is 6.96. The standard InChI is InChI=1S/C10H11FO/c1-8-4-2-3-5-9(8)6-10(11)7-12/h2-5,7,10H,6H2,1H3. The van der Waals surface area contributed by atoms with Crippen molar-refractivity contribution in [3.05, 3.63) is 35.4 Å². The van der Waals surface area contributed by atoms with Crippen molar-refractivity contribution < 1.29 is 9.18 Å². The third-order valence-electron chi connectivity index (χ3n) is 1.82. The molecule has 1 nitrogen and oxygen atoms in total. The van der Waals surface area contributed by atoms with Crippen molar-refractivity contribution in [1.82, 2.24) is 0 Å². The Labute approximate surface area is 71.2 Å². The van der Waals surface area contributed by atoms with Crippen LogP contribution in [0.2, 0.25) is 0 Å². The van der Waals surface area contributed by atoms with Gasteiger partial charge in [-0.15, -0.1) is 0 Å². The molecule has 0 fully saturated rings. The predicted molar refractivity (Wildman–Crippen MR) is 45.8 cm³/mol. The van der Waals surface area contributed by atoms with Crippen LogP contribution < -0.4 is 0 Å². The molecule has 0 heterocycles. The van der Waals surface area contributed by atoms with E-state index in [0.29, 0.717) is 6.29 Å². The zero-order chi connectivity index (χ0) is 8.97. The van der Waals surface area contributed by atoms with Gasteiger partial charge in [0.1, 0.15) is 0 Å². The number of alkyl halides is 1. The van der Waals surface area contributed by atoms with E-state index in [9.17, 15) is 9.18 Å². The van der Waals surface area contributed by atoms with Crippen LogP contribution in [-0.2, 0) is 11.2 Å². The molecule has 0 saturated heterocycles. The molecule has 0 aliphatic heterocycles. The Kier molecular flexibility index (Phi) is 2.97. The first-order chi connectivity index (χ1) is 5.74. The molecule has 0 amide bonds. The Bertz CT molecular complexity index is 270. The van der Waals surface area contributed by atoms with Gasteiger partial charge in [0.05, 0.1) is 0 Å². The first-order valence-corrected chi connectivity index (χ1v) is 3.88. The lowest BCUT2D eigenvalue weighted by atomic mass is 10.0. The lowest BCUT2D eigenvalue weighted by Gasteiger charge is -2.04. The predicted octanol–water partition coefficient (Wildman–Crippen LogP) is 2.07. The van der Waals surface area contributed by atoms with Crippen molar-refractivity contribution in [2.45, 2.75) is 19.5 Å². The number of hydrogen-bond acceptors (Lipinski definition) is 1. The van der Waals surface area contributed by atoms with E-state index in [-0.39, 0.29) is 6.42 Å². The molecule has 0 aromatic heterocycles. The van der Waals surface area contributed by atoms with Gasteiger partial charge in [-0.1, -0.05) is 24.3 Å². The van der Waals surface area contributed by atoms with E-state index < -0.39 is 6.17 Å². The van der Waals surface area contributed by atoms with Gasteiger partial charge in [-0.25, -0.2) is 4.39 Å². The Morgan fingerprint density at radius 1 is 1.50 bits per heavy atom. The summed E-state index contributed by atoms with van der Waals surface area (Å²) in [5.41, 5.74) is 1.93. The fourth-order valence-corrected chi connectivity index (χ4v) is 1.10. The van der Waals surface area contributed by atoms with Gasteiger partial charge in [0.2, 0.25) is 0 Å². The summed E-state index contributed by atoms with van der Waals surface area (Å²) >= 11 is 0. The summed E-state index contributed by atoms with van der Waals surface area (Å²) in [6, 6.07) is 7.49. The average molecular weight is 166 g/mol. The molecule has 1 rings (SSSR count). The first kappa shape index (κ1) is 8.91. The molecule has 1 aromatic rings. The average Bonchev–Trinajstić information content (AvgIpc) is 2.09. The summed E-state index contributed by atoms with van der Waals surface area (Å²) in [5, 5.41) is 0. The number of hydrogen-bond donors (Lipinski definition) is 0. The van der Waals surface area contributed by atoms with Crippen LogP contribution in [-0.4, -0.2) is 12.5 Å². The number of aryl methyl sites for hydroxylation is 1. The van der Waals surface area contributed by atoms with E-state index in [0.717, 1.165) is 11.1 Å². The van der Waals surface area contributed by atoms with Crippen LogP contribution in [0.4, 0.5) is 4.39 Å². The molecule has 12 heavy (non-hydrogen) atoms. The third kappa shape index (κ3) is 2.16. The summed E-state index contributed by atoms with van der Waals surface area (Å²) in [6.45, 7) is 1.91. The summed E-state index contributed by atoms with van der Waals surface area (Å²) < 4.78 is 12.6. The molecule has 0 radical (unpaired) electrons. The molecular weight excluding hydrogens is 155 g/mol. The number of rotatable bonds is 3. The van der Waals surface area contributed by atoms with Crippen LogP contribution in [0.5, 0.6) is 0 Å². The molecule has 2 heteroatoms. The van der Waals surface area contributed by atoms with Crippen LogP contribution in [0.15, 0.2) is 24.3 Å². The van der Waals surface area contributed by atoms with E-state index in [1.807, 2.05) is 31.2 Å². The van der Waals surface area contributed by atoms with Crippen molar-refractivity contribution in [3.63, 3.8) is 0 Å². The van der Waals surface area contributed by atoms with Crippen molar-refractivity contribution in [2.24, 2.45) is 0 Å². The van der Waals surface area contributed by atoms with Crippen molar-refractivity contribution in [3.8, 4) is 0 Å². The molecule has 0 N–H and O–H groups in total. The molecular formula is C10H11FO. The minimum atomic E-state index is -1.37. The largest absolute Gasteiger partial charge is 0.300 e. The van der Waals surface area contributed by atoms with Gasteiger partial charge in [-0.05, 0) is 18.1 Å². The maximum atomic E-state index is 12.6. The molecule has 1 unspecified atom stereocenters. The van der Waals surface area contributed by atoms with Gasteiger partial charge < -0.3 is 4.79 Å². The summed E-state index contributed by atoms with van der Waals surface area (Å²) in [5.74, 6) is 0. The first-order valence-electron chi connectivity index (χ1n) is 3.88. The van der Waals surface area contributed by atoms with E-state index in [4.69, 9.17) is 0 Å². The topological polar surface area (TPSA) is 17.1 Å². The van der Waals surface area contributed by atoms with Crippen LogP contribution in [0.1, 0.15) is 11.1 Å². The second-order valence-corrected chi connectivity index (χ2v) is 2.78. The second kappa shape index (κ2) is 4.00. The van der Waals surface area contributed by atoms with Crippen LogP contribution in [0.3, 0.4) is 0 Å². The number of benzene rings is 1. The van der Waals surface area contributed by atoms with Gasteiger partial charge in [-0.3, -0.25) is 0 Å². The van der Waals surface area contributed by atoms with Crippen LogP contribution in [0.25, 0.3) is 0 Å². The highest BCUT2D eigenvalue weighted by molar-refractivity contribution is 5.56. The van der Waals surface area contributed by atoms with Gasteiger partial charge in [0.25, 0.3) is 0 Å². The zero-order valence-electron chi connectivity index (χ0n) is 6.96. The molecule has 0 saturated carbocycles. The van der Waals surface area contributed by atoms with Gasteiger partial charge in [-0.2, -0.15) is 0 Å². The molecule has 64 valence electrons. The third-order valence-corrected chi connectivity index (χ3v) is 1.82. The van der Waals surface area contributed by atoms with Crippen molar-refractivity contribution in [2.75, 3.05) is 0 Å². The Morgan fingerprint density at radius 2 is 2.17 bits per heavy atom. The quantitative estimate of drug-likeness (QED) is 0.628. The fraction of sp³-hybridized carbons (Fsp3) is 0.300. The molecule has 0 aliphatic carbocycles. The molecule has 0 bridgehead atoms. The maximum absolute atomic E-state index is 12.6. The van der Waals surface area contributed by atoms with Gasteiger partial charge in [0, 0.05) is 6.42 Å². The smallest absolute Gasteiger partial charge is 0.159 e. The Hall–Kier alpha value is -1.18. The van der Waals surface area contributed by atoms with E-state index >= 15 is 0 Å². The molecule has 0 spiro atoms. The molecule has 1 aromatic carbocycles. The summed E-state index contributed by atoms with van der Waals surface area (Å²) in [7, 11) is 0. The number of carbonyl (C=O) groups excluding carboxylic acids is 1. The second-order valence-electron chi connectivity index (χ2n) is 2.78. The monoisotopic (exact) mass is 166 g/mol. The fourth-order valence-electron chi connectivity index (χ4n) is 1.10. The highest BCUT2D eigenvalue weighted by Crippen LogP contribution is 2.10. The summed E-state index contributed by atoms with van der Waals surface area (Å²) in [4.78, 5) is 10.0. The van der Waals surface area contributed by atoms with Crippen LogP contribution in [0, 0.1) is 6.92 Å². The van der Waals surface area contributed by atoms with Crippen LogP contribution >= 0.6 is 0 Å². The normalized spacial score (nSPS) is 12.5. The van der Waals surface area contributed by atoms with Gasteiger partial charge in [0.15, 0.2) is 12.5 Å². The highest BCUT2D eigenvalue weighted by atomic mass is 19.1. The number of carbonyl (C=O) groups is 1. The molecule has 1 atom stereocenters. The van der Waals surface area contributed by atoms with E-state index in [2.05, 4.69) is 0 Å². The van der Waals surface area contributed by atoms with E-state index in [1.54, 1.807) is 0 Å². The molecule has 0 aliphatic rings. The lowest BCUT2D eigenvalue weighted by molar-refractivity contribution is -0.111. The number of aldehydes is 1. The minimum absolute atomic E-state index is 0.191. The summed E-state index contributed by atoms with van der Waals surface area (Å²) in [6.07, 6.45) is -0.839. The Balaban J connectivity index is 2.75. The van der Waals surface area contributed by atoms with Crippen molar-refractivity contribution >= 4 is 6.29 Å².